The molecule has 3 aromatic rings. The number of ether oxygens (including phenoxy) is 2. The molecule has 4 atom stereocenters. The number of amides is 2. The van der Waals surface area contributed by atoms with E-state index in [1.54, 1.807) is 0 Å². The number of carbonyl (C=O) groups excluding carboxylic acids is 1. The van der Waals surface area contributed by atoms with E-state index >= 15 is 0 Å². The molecule has 4 unspecified atom stereocenters. The fraction of sp³-hybridized carbons (Fsp3) is 0.367. The first-order chi connectivity index (χ1) is 18.6. The lowest BCUT2D eigenvalue weighted by Gasteiger charge is -2.38. The van der Waals surface area contributed by atoms with E-state index in [-0.39, 0.29) is 30.9 Å². The molecule has 8 heteroatoms. The van der Waals surface area contributed by atoms with Crippen LogP contribution in [0.2, 0.25) is 0 Å². The summed E-state index contributed by atoms with van der Waals surface area (Å²) in [5, 5.41) is 25.2. The van der Waals surface area contributed by atoms with E-state index in [1.165, 1.54) is 0 Å². The van der Waals surface area contributed by atoms with Crippen LogP contribution in [0.25, 0.3) is 0 Å². The van der Waals surface area contributed by atoms with Crippen LogP contribution in [-0.4, -0.2) is 53.0 Å². The first-order valence-corrected chi connectivity index (χ1v) is 13.2. The van der Waals surface area contributed by atoms with Crippen LogP contribution in [0.4, 0.5) is 10.5 Å². The average Bonchev–Trinajstić information content (AvgIpc) is 3.36. The maximum absolute atomic E-state index is 12.5. The Morgan fingerprint density at radius 1 is 0.947 bits per heavy atom. The van der Waals surface area contributed by atoms with Gasteiger partial charge >= 0.3 is 6.03 Å². The Hall–Kier alpha value is -3.27. The van der Waals surface area contributed by atoms with Crippen LogP contribution in [0, 0.1) is 0 Å². The van der Waals surface area contributed by atoms with Crippen molar-refractivity contribution >= 4 is 11.7 Å². The van der Waals surface area contributed by atoms with Gasteiger partial charge in [0.25, 0.3) is 0 Å². The van der Waals surface area contributed by atoms with Gasteiger partial charge in [0.05, 0.1) is 24.9 Å². The second-order valence-corrected chi connectivity index (χ2v) is 9.97. The molecule has 38 heavy (non-hydrogen) atoms. The van der Waals surface area contributed by atoms with Crippen LogP contribution in [0.1, 0.15) is 47.5 Å². The molecule has 8 nitrogen and oxygen atoms in total. The highest BCUT2D eigenvalue weighted by Gasteiger charge is 2.34. The van der Waals surface area contributed by atoms with E-state index in [0.717, 1.165) is 35.2 Å². The van der Waals surface area contributed by atoms with Crippen LogP contribution < -0.4 is 10.6 Å². The first-order valence-electron chi connectivity index (χ1n) is 13.2. The summed E-state index contributed by atoms with van der Waals surface area (Å²) in [6, 6.07) is 24.8. The molecule has 4 N–H and O–H groups in total. The van der Waals surface area contributed by atoms with Gasteiger partial charge in [-0.25, -0.2) is 4.79 Å². The standard InChI is InChI=1S/C30H35N3O5/c34-20-22-9-11-23(12-10-22)28-16-27(19-33-14-13-26(35)18-33)37-29(38-28)24-7-4-8-25(15-24)32-30(36)31-17-21-5-2-1-3-6-21/h1-12,15,26-29,34-35H,13-14,16-20H2,(H2,31,32,36). The SMILES string of the molecule is O=C(NCc1ccccc1)Nc1cccc(C2OC(CN3CCC(O)C3)CC(c3ccc(CO)cc3)O2)c1. The van der Waals surface area contributed by atoms with Gasteiger partial charge in [-0.3, -0.25) is 4.90 Å². The van der Waals surface area contributed by atoms with Crippen molar-refractivity contribution in [2.45, 2.75) is 50.6 Å². The molecule has 200 valence electrons. The lowest BCUT2D eigenvalue weighted by molar-refractivity contribution is -0.252. The molecule has 0 aliphatic carbocycles. The highest BCUT2D eigenvalue weighted by Crippen LogP contribution is 2.38. The highest BCUT2D eigenvalue weighted by molar-refractivity contribution is 5.89. The molecule has 2 aliphatic rings. The van der Waals surface area contributed by atoms with E-state index < -0.39 is 6.29 Å². The molecule has 0 bridgehead atoms. The summed E-state index contributed by atoms with van der Waals surface area (Å²) < 4.78 is 12.9. The van der Waals surface area contributed by atoms with Gasteiger partial charge in [0.2, 0.25) is 0 Å². The van der Waals surface area contributed by atoms with Gasteiger partial charge in [0.15, 0.2) is 6.29 Å². The van der Waals surface area contributed by atoms with E-state index in [4.69, 9.17) is 9.47 Å². The zero-order valence-electron chi connectivity index (χ0n) is 21.3. The number of carbonyl (C=O) groups is 1. The smallest absolute Gasteiger partial charge is 0.319 e. The minimum absolute atomic E-state index is 0.00380. The molecule has 0 spiro atoms. The largest absolute Gasteiger partial charge is 0.392 e. The number of anilines is 1. The summed E-state index contributed by atoms with van der Waals surface area (Å²) in [6.45, 7) is 2.64. The molecule has 2 saturated heterocycles. The number of hydrogen-bond acceptors (Lipinski definition) is 6. The third-order valence-electron chi connectivity index (χ3n) is 7.04. The van der Waals surface area contributed by atoms with Crippen LogP contribution in [-0.2, 0) is 22.6 Å². The number of aliphatic hydroxyl groups is 2. The van der Waals surface area contributed by atoms with Gasteiger partial charge < -0.3 is 30.3 Å². The fourth-order valence-electron chi connectivity index (χ4n) is 5.02. The Kier molecular flexibility index (Phi) is 8.68. The lowest BCUT2D eigenvalue weighted by Crippen LogP contribution is -2.38. The van der Waals surface area contributed by atoms with Gasteiger partial charge in [-0.15, -0.1) is 0 Å². The minimum atomic E-state index is -0.613. The predicted molar refractivity (Wildman–Crippen MR) is 144 cm³/mol. The van der Waals surface area contributed by atoms with Crippen molar-refractivity contribution in [2.75, 3.05) is 25.0 Å². The number of aliphatic hydroxyl groups excluding tert-OH is 2. The third kappa shape index (κ3) is 6.98. The molecular formula is C30H35N3O5. The number of rotatable bonds is 8. The lowest BCUT2D eigenvalue weighted by atomic mass is 9.99. The summed E-state index contributed by atoms with van der Waals surface area (Å²) in [7, 11) is 0. The Labute approximate surface area is 223 Å². The summed E-state index contributed by atoms with van der Waals surface area (Å²) in [5.41, 5.74) is 4.36. The van der Waals surface area contributed by atoms with Crippen LogP contribution in [0.15, 0.2) is 78.9 Å². The van der Waals surface area contributed by atoms with Crippen LogP contribution >= 0.6 is 0 Å². The van der Waals surface area contributed by atoms with E-state index in [2.05, 4.69) is 15.5 Å². The van der Waals surface area contributed by atoms with E-state index in [1.807, 2.05) is 78.9 Å². The van der Waals surface area contributed by atoms with Gasteiger partial charge in [-0.05, 0) is 35.2 Å². The molecule has 2 amide bonds. The molecule has 0 saturated carbocycles. The number of β-amino-alcohol motifs (C(OH)–C–C–N with tert-alkyl or cyclic N) is 1. The van der Waals surface area contributed by atoms with Crippen LogP contribution in [0.3, 0.4) is 0 Å². The van der Waals surface area contributed by atoms with Crippen molar-refractivity contribution in [2.24, 2.45) is 0 Å². The van der Waals surface area contributed by atoms with Gasteiger partial charge in [-0.2, -0.15) is 0 Å². The maximum Gasteiger partial charge on any atom is 0.319 e. The third-order valence-corrected chi connectivity index (χ3v) is 7.04. The van der Waals surface area contributed by atoms with Crippen molar-refractivity contribution in [3.63, 3.8) is 0 Å². The zero-order valence-corrected chi connectivity index (χ0v) is 21.3. The summed E-state index contributed by atoms with van der Waals surface area (Å²) >= 11 is 0. The Bertz CT molecular complexity index is 1190. The van der Waals surface area contributed by atoms with E-state index in [0.29, 0.717) is 31.7 Å². The molecule has 0 aromatic heterocycles. The summed E-state index contributed by atoms with van der Waals surface area (Å²) in [4.78, 5) is 14.7. The summed E-state index contributed by atoms with van der Waals surface area (Å²) in [5.74, 6) is 0. The predicted octanol–water partition coefficient (Wildman–Crippen LogP) is 4.11. The van der Waals surface area contributed by atoms with Crippen molar-refractivity contribution < 1.29 is 24.5 Å². The maximum atomic E-state index is 12.5. The van der Waals surface area contributed by atoms with Gasteiger partial charge in [0.1, 0.15) is 0 Å². The molecule has 0 radical (unpaired) electrons. The second kappa shape index (κ2) is 12.5. The molecular weight excluding hydrogens is 482 g/mol. The molecule has 3 aromatic carbocycles. The quantitative estimate of drug-likeness (QED) is 0.359. The van der Waals surface area contributed by atoms with Gasteiger partial charge in [-0.1, -0.05) is 66.7 Å². The zero-order chi connectivity index (χ0) is 26.3. The number of likely N-dealkylation sites (tertiary alicyclic amines) is 1. The molecule has 5 rings (SSSR count). The van der Waals surface area contributed by atoms with Crippen molar-refractivity contribution in [3.8, 4) is 0 Å². The number of benzene rings is 3. The normalized spacial score (nSPS) is 23.7. The highest BCUT2D eigenvalue weighted by atomic mass is 16.7. The topological polar surface area (TPSA) is 103 Å². The number of hydrogen-bond donors (Lipinski definition) is 4. The Morgan fingerprint density at radius 2 is 1.76 bits per heavy atom. The van der Waals surface area contributed by atoms with Gasteiger partial charge in [0, 0.05) is 43.9 Å². The second-order valence-electron chi connectivity index (χ2n) is 9.97. The molecule has 2 heterocycles. The Balaban J connectivity index is 1.28. The van der Waals surface area contributed by atoms with Crippen molar-refractivity contribution in [1.29, 1.82) is 0 Å². The fourth-order valence-corrected chi connectivity index (χ4v) is 5.02. The average molecular weight is 518 g/mol. The molecule has 2 fully saturated rings. The van der Waals surface area contributed by atoms with Crippen molar-refractivity contribution in [3.05, 3.63) is 101 Å². The molecule has 2 aliphatic heterocycles. The van der Waals surface area contributed by atoms with Crippen molar-refractivity contribution in [1.82, 2.24) is 10.2 Å². The van der Waals surface area contributed by atoms with E-state index in [9.17, 15) is 15.0 Å². The minimum Gasteiger partial charge on any atom is -0.392 e. The monoisotopic (exact) mass is 517 g/mol. The number of urea groups is 1. The van der Waals surface area contributed by atoms with Crippen LogP contribution in [0.5, 0.6) is 0 Å². The number of nitrogens with one attached hydrogen (secondary N) is 2. The Morgan fingerprint density at radius 3 is 2.50 bits per heavy atom. The number of nitrogens with zero attached hydrogens (tertiary/aromatic N) is 1. The first kappa shape index (κ1) is 26.3. The summed E-state index contributed by atoms with van der Waals surface area (Å²) in [6.07, 6.45) is 0.276.